The monoisotopic (exact) mass is 215 g/mol. The lowest BCUT2D eigenvalue weighted by Crippen LogP contribution is -2.47. The Hall–Kier alpha value is -0.240. The number of alkyl halides is 1. The molecular formula is C9H14BrN. The minimum Gasteiger partial charge on any atom is -0.381 e. The van der Waals surface area contributed by atoms with Gasteiger partial charge in [-0.2, -0.15) is 0 Å². The number of hydrogen-bond acceptors (Lipinski definition) is 1. The summed E-state index contributed by atoms with van der Waals surface area (Å²) in [6.07, 6.45) is 8.33. The van der Waals surface area contributed by atoms with Gasteiger partial charge in [0.2, 0.25) is 0 Å². The highest BCUT2D eigenvalue weighted by atomic mass is 79.9. The van der Waals surface area contributed by atoms with E-state index < -0.39 is 0 Å². The highest BCUT2D eigenvalue weighted by Gasteiger charge is 2.28. The van der Waals surface area contributed by atoms with Gasteiger partial charge >= 0.3 is 0 Å². The summed E-state index contributed by atoms with van der Waals surface area (Å²) < 4.78 is 0. The quantitative estimate of drug-likeness (QED) is 0.699. The highest BCUT2D eigenvalue weighted by Crippen LogP contribution is 2.23. The number of nitrogens with one attached hydrogen (secondary N) is 1. The molecule has 0 saturated carbocycles. The third-order valence-corrected chi connectivity index (χ3v) is 3.13. The minimum absolute atomic E-state index is 0.120. The summed E-state index contributed by atoms with van der Waals surface area (Å²) in [6, 6.07) is 0. The van der Waals surface area contributed by atoms with Crippen LogP contribution in [0.1, 0.15) is 13.8 Å². The molecule has 11 heavy (non-hydrogen) atoms. The Kier molecular flexibility index (Phi) is 2.77. The predicted octanol–water partition coefficient (Wildman–Crippen LogP) is 2.45. The van der Waals surface area contributed by atoms with Crippen LogP contribution < -0.4 is 5.32 Å². The summed E-state index contributed by atoms with van der Waals surface area (Å²) in [4.78, 5) is 0. The van der Waals surface area contributed by atoms with Gasteiger partial charge in [-0.05, 0) is 18.2 Å². The average Bonchev–Trinajstić information content (AvgIpc) is 2.05. The van der Waals surface area contributed by atoms with Gasteiger partial charge in [0.15, 0.2) is 0 Å². The van der Waals surface area contributed by atoms with Crippen LogP contribution in [-0.4, -0.2) is 10.9 Å². The molecule has 0 aliphatic carbocycles. The summed E-state index contributed by atoms with van der Waals surface area (Å²) in [5, 5.41) is 4.32. The molecule has 1 nitrogen and oxygen atoms in total. The van der Waals surface area contributed by atoms with Crippen molar-refractivity contribution in [2.24, 2.45) is 5.92 Å². The van der Waals surface area contributed by atoms with E-state index >= 15 is 0 Å². The number of rotatable bonds is 2. The number of dihydropyridines is 1. The molecule has 0 spiro atoms. The minimum atomic E-state index is 0.120. The van der Waals surface area contributed by atoms with Crippen LogP contribution in [0.15, 0.2) is 24.4 Å². The van der Waals surface area contributed by atoms with E-state index in [-0.39, 0.29) is 5.54 Å². The predicted molar refractivity (Wildman–Crippen MR) is 52.8 cm³/mol. The maximum atomic E-state index is 3.52. The van der Waals surface area contributed by atoms with E-state index in [4.69, 9.17) is 0 Å². The van der Waals surface area contributed by atoms with Crippen molar-refractivity contribution in [2.45, 2.75) is 19.4 Å². The van der Waals surface area contributed by atoms with Crippen molar-refractivity contribution in [3.63, 3.8) is 0 Å². The molecular weight excluding hydrogens is 202 g/mol. The molecule has 1 aliphatic rings. The SMILES string of the molecule is CC(C)C1(CBr)C=CC=CN1. The second-order valence-electron chi connectivity index (χ2n) is 3.19. The van der Waals surface area contributed by atoms with Crippen LogP contribution in [-0.2, 0) is 0 Å². The van der Waals surface area contributed by atoms with Crippen molar-refractivity contribution in [1.29, 1.82) is 0 Å². The third-order valence-electron chi connectivity index (χ3n) is 2.20. The molecule has 1 rings (SSSR count). The molecule has 1 atom stereocenters. The van der Waals surface area contributed by atoms with Gasteiger partial charge in [0.25, 0.3) is 0 Å². The maximum absolute atomic E-state index is 3.52. The van der Waals surface area contributed by atoms with Crippen LogP contribution in [0.4, 0.5) is 0 Å². The average molecular weight is 216 g/mol. The van der Waals surface area contributed by atoms with Gasteiger partial charge in [0.05, 0.1) is 5.54 Å². The number of hydrogen-bond donors (Lipinski definition) is 1. The fraction of sp³-hybridized carbons (Fsp3) is 0.556. The Bertz CT molecular complexity index is 184. The van der Waals surface area contributed by atoms with Gasteiger partial charge in [-0.25, -0.2) is 0 Å². The lowest BCUT2D eigenvalue weighted by Gasteiger charge is -2.35. The molecule has 0 radical (unpaired) electrons. The number of allylic oxidation sites excluding steroid dienone is 2. The van der Waals surface area contributed by atoms with Gasteiger partial charge < -0.3 is 5.32 Å². The van der Waals surface area contributed by atoms with Crippen LogP contribution in [0.25, 0.3) is 0 Å². The molecule has 0 aromatic heterocycles. The first-order chi connectivity index (χ1) is 5.21. The zero-order chi connectivity index (χ0) is 8.32. The number of halogens is 1. The van der Waals surface area contributed by atoms with Crippen molar-refractivity contribution < 1.29 is 0 Å². The zero-order valence-corrected chi connectivity index (χ0v) is 8.56. The zero-order valence-electron chi connectivity index (χ0n) is 6.97. The Morgan fingerprint density at radius 2 is 2.18 bits per heavy atom. The van der Waals surface area contributed by atoms with E-state index in [9.17, 15) is 0 Å². The molecule has 0 saturated heterocycles. The first-order valence-corrected chi connectivity index (χ1v) is 5.01. The topological polar surface area (TPSA) is 12.0 Å². The van der Waals surface area contributed by atoms with Gasteiger partial charge in [0, 0.05) is 5.33 Å². The third kappa shape index (κ3) is 1.67. The maximum Gasteiger partial charge on any atom is 0.0673 e. The summed E-state index contributed by atoms with van der Waals surface area (Å²) in [7, 11) is 0. The molecule has 2 heteroatoms. The van der Waals surface area contributed by atoms with Crippen molar-refractivity contribution >= 4 is 15.9 Å². The molecule has 1 unspecified atom stereocenters. The summed E-state index contributed by atoms with van der Waals surface area (Å²) in [5.41, 5.74) is 0.120. The second-order valence-corrected chi connectivity index (χ2v) is 3.75. The van der Waals surface area contributed by atoms with Gasteiger partial charge in [-0.1, -0.05) is 41.9 Å². The lowest BCUT2D eigenvalue weighted by atomic mass is 9.87. The molecule has 62 valence electrons. The first kappa shape index (κ1) is 8.85. The van der Waals surface area contributed by atoms with Crippen LogP contribution in [0.3, 0.4) is 0 Å². The highest BCUT2D eigenvalue weighted by molar-refractivity contribution is 9.09. The van der Waals surface area contributed by atoms with Gasteiger partial charge in [0.1, 0.15) is 0 Å². The van der Waals surface area contributed by atoms with Crippen LogP contribution >= 0.6 is 15.9 Å². The molecule has 0 aromatic rings. The Morgan fingerprint density at radius 1 is 1.45 bits per heavy atom. The molecule has 1 heterocycles. The molecule has 0 bridgehead atoms. The standard InChI is InChI=1S/C9H14BrN/c1-8(2)9(7-10)5-3-4-6-11-9/h3-6,8,11H,7H2,1-2H3. The van der Waals surface area contributed by atoms with Gasteiger partial charge in [-0.3, -0.25) is 0 Å². The Balaban J connectivity index is 2.77. The fourth-order valence-corrected chi connectivity index (χ4v) is 2.13. The smallest absolute Gasteiger partial charge is 0.0673 e. The van der Waals surface area contributed by atoms with E-state index in [1.54, 1.807) is 0 Å². The van der Waals surface area contributed by atoms with E-state index in [1.807, 2.05) is 12.3 Å². The largest absolute Gasteiger partial charge is 0.381 e. The van der Waals surface area contributed by atoms with Crippen LogP contribution in [0, 0.1) is 5.92 Å². The van der Waals surface area contributed by atoms with Crippen molar-refractivity contribution in [3.8, 4) is 0 Å². The Morgan fingerprint density at radius 3 is 2.45 bits per heavy atom. The van der Waals surface area contributed by atoms with Crippen molar-refractivity contribution in [2.75, 3.05) is 5.33 Å². The Labute approximate surface area is 76.7 Å². The van der Waals surface area contributed by atoms with Gasteiger partial charge in [-0.15, -0.1) is 0 Å². The molecule has 1 aliphatic heterocycles. The molecule has 0 fully saturated rings. The van der Waals surface area contributed by atoms with E-state index in [2.05, 4.69) is 47.2 Å². The van der Waals surface area contributed by atoms with E-state index in [0.29, 0.717) is 5.92 Å². The summed E-state index contributed by atoms with van der Waals surface area (Å²) in [5.74, 6) is 0.600. The summed E-state index contributed by atoms with van der Waals surface area (Å²) >= 11 is 3.52. The van der Waals surface area contributed by atoms with E-state index in [1.165, 1.54) is 0 Å². The van der Waals surface area contributed by atoms with E-state index in [0.717, 1.165) is 5.33 Å². The molecule has 1 N–H and O–H groups in total. The molecule has 0 amide bonds. The first-order valence-electron chi connectivity index (χ1n) is 3.89. The molecule has 0 aromatic carbocycles. The summed E-state index contributed by atoms with van der Waals surface area (Å²) in [6.45, 7) is 4.44. The second kappa shape index (κ2) is 3.44. The van der Waals surface area contributed by atoms with Crippen molar-refractivity contribution in [3.05, 3.63) is 24.4 Å². The van der Waals surface area contributed by atoms with Crippen molar-refractivity contribution in [1.82, 2.24) is 5.32 Å². The van der Waals surface area contributed by atoms with Crippen LogP contribution in [0.2, 0.25) is 0 Å². The van der Waals surface area contributed by atoms with Crippen LogP contribution in [0.5, 0.6) is 0 Å². The fourth-order valence-electron chi connectivity index (χ4n) is 1.13. The lowest BCUT2D eigenvalue weighted by molar-refractivity contribution is 0.372. The normalized spacial score (nSPS) is 29.1.